The van der Waals surface area contributed by atoms with Crippen molar-refractivity contribution < 1.29 is 0 Å². The topological polar surface area (TPSA) is 18.5 Å². The van der Waals surface area contributed by atoms with Crippen LogP contribution in [0, 0.1) is 0 Å². The van der Waals surface area contributed by atoms with Crippen LogP contribution in [0.15, 0.2) is 0 Å². The van der Waals surface area contributed by atoms with Crippen LogP contribution in [0.1, 0.15) is 59.3 Å². The molecule has 0 aromatic carbocycles. The normalized spacial score (nSPS) is 20.1. The summed E-state index contributed by atoms with van der Waals surface area (Å²) in [5.74, 6) is 0. The molecule has 1 heterocycles. The van der Waals surface area contributed by atoms with Gasteiger partial charge in [-0.1, -0.05) is 33.6 Å². The molecule has 0 bridgehead atoms. The van der Waals surface area contributed by atoms with E-state index >= 15 is 0 Å². The number of likely N-dealkylation sites (tertiary alicyclic amines) is 1. The maximum atomic E-state index is 3.48. The Balaban J connectivity index is 1.96. The van der Waals surface area contributed by atoms with Crippen molar-refractivity contribution in [3.8, 4) is 0 Å². The molecule has 1 aliphatic heterocycles. The number of nitrogens with zero attached hydrogens (tertiary/aromatic N) is 2. The van der Waals surface area contributed by atoms with Crippen LogP contribution < -0.4 is 5.32 Å². The van der Waals surface area contributed by atoms with Gasteiger partial charge in [0.25, 0.3) is 0 Å². The standard InChI is InChI=1S/C17H37N3/c1-4-12-18-13-9-7-8-10-14-19-15-11-17(16-19)20(5-2)6-3/h17-18H,4-16H2,1-3H3. The molecule has 0 radical (unpaired) electrons. The highest BCUT2D eigenvalue weighted by atomic mass is 15.2. The predicted molar refractivity (Wildman–Crippen MR) is 89.4 cm³/mol. The van der Waals surface area contributed by atoms with Gasteiger partial charge < -0.3 is 10.2 Å². The van der Waals surface area contributed by atoms with Crippen molar-refractivity contribution in [1.82, 2.24) is 15.1 Å². The number of hydrogen-bond donors (Lipinski definition) is 1. The highest BCUT2D eigenvalue weighted by Crippen LogP contribution is 2.16. The van der Waals surface area contributed by atoms with E-state index in [0.717, 1.165) is 6.04 Å². The average Bonchev–Trinajstić information content (AvgIpc) is 2.92. The average molecular weight is 284 g/mol. The molecule has 1 atom stereocenters. The van der Waals surface area contributed by atoms with Crippen molar-refractivity contribution in [2.75, 3.05) is 45.8 Å². The van der Waals surface area contributed by atoms with Crippen molar-refractivity contribution in [2.45, 2.75) is 65.3 Å². The Morgan fingerprint density at radius 1 is 1.00 bits per heavy atom. The molecule has 0 aromatic rings. The quantitative estimate of drug-likeness (QED) is 0.556. The van der Waals surface area contributed by atoms with E-state index in [2.05, 4.69) is 35.9 Å². The van der Waals surface area contributed by atoms with Gasteiger partial charge in [0.2, 0.25) is 0 Å². The first-order valence-corrected chi connectivity index (χ1v) is 8.98. The van der Waals surface area contributed by atoms with E-state index in [1.165, 1.54) is 84.3 Å². The van der Waals surface area contributed by atoms with Gasteiger partial charge >= 0.3 is 0 Å². The first-order chi connectivity index (χ1) is 9.81. The summed E-state index contributed by atoms with van der Waals surface area (Å²) in [6.07, 6.45) is 8.16. The summed E-state index contributed by atoms with van der Waals surface area (Å²) in [6, 6.07) is 0.822. The van der Waals surface area contributed by atoms with Gasteiger partial charge in [-0.25, -0.2) is 0 Å². The summed E-state index contributed by atoms with van der Waals surface area (Å²) >= 11 is 0. The second-order valence-corrected chi connectivity index (χ2v) is 6.13. The van der Waals surface area contributed by atoms with Crippen LogP contribution in [-0.4, -0.2) is 61.7 Å². The zero-order chi connectivity index (χ0) is 14.6. The lowest BCUT2D eigenvalue weighted by molar-refractivity contribution is 0.210. The zero-order valence-corrected chi connectivity index (χ0v) is 14.2. The number of hydrogen-bond acceptors (Lipinski definition) is 3. The second kappa shape index (κ2) is 11.5. The molecule has 0 aromatic heterocycles. The van der Waals surface area contributed by atoms with Crippen LogP contribution in [0.4, 0.5) is 0 Å². The smallest absolute Gasteiger partial charge is 0.0235 e. The van der Waals surface area contributed by atoms with Crippen LogP contribution in [0.2, 0.25) is 0 Å². The number of unbranched alkanes of at least 4 members (excludes halogenated alkanes) is 3. The highest BCUT2D eigenvalue weighted by molar-refractivity contribution is 4.82. The van der Waals surface area contributed by atoms with E-state index in [4.69, 9.17) is 0 Å². The van der Waals surface area contributed by atoms with Crippen LogP contribution in [0.5, 0.6) is 0 Å². The van der Waals surface area contributed by atoms with Gasteiger partial charge in [-0.2, -0.15) is 0 Å². The number of rotatable bonds is 12. The van der Waals surface area contributed by atoms with Crippen LogP contribution >= 0.6 is 0 Å². The molecular weight excluding hydrogens is 246 g/mol. The summed E-state index contributed by atoms with van der Waals surface area (Å²) < 4.78 is 0. The summed E-state index contributed by atoms with van der Waals surface area (Å²) in [6.45, 7) is 15.6. The van der Waals surface area contributed by atoms with Gasteiger partial charge in [0.05, 0.1) is 0 Å². The maximum absolute atomic E-state index is 3.48. The van der Waals surface area contributed by atoms with Crippen molar-refractivity contribution in [3.63, 3.8) is 0 Å². The fraction of sp³-hybridized carbons (Fsp3) is 1.00. The van der Waals surface area contributed by atoms with Gasteiger partial charge in [0.1, 0.15) is 0 Å². The first-order valence-electron chi connectivity index (χ1n) is 8.98. The molecular formula is C17H37N3. The lowest BCUT2D eigenvalue weighted by Gasteiger charge is -2.26. The van der Waals surface area contributed by atoms with Crippen molar-refractivity contribution in [2.24, 2.45) is 0 Å². The zero-order valence-electron chi connectivity index (χ0n) is 14.2. The summed E-state index contributed by atoms with van der Waals surface area (Å²) in [5, 5.41) is 3.48. The van der Waals surface area contributed by atoms with E-state index in [-0.39, 0.29) is 0 Å². The predicted octanol–water partition coefficient (Wildman–Crippen LogP) is 2.96. The minimum atomic E-state index is 0.822. The Labute approximate surface area is 127 Å². The molecule has 0 spiro atoms. The van der Waals surface area contributed by atoms with Gasteiger partial charge in [-0.3, -0.25) is 4.90 Å². The molecule has 3 heteroatoms. The molecule has 1 rings (SSSR count). The molecule has 1 N–H and O–H groups in total. The Morgan fingerprint density at radius 2 is 1.75 bits per heavy atom. The molecule has 120 valence electrons. The van der Waals surface area contributed by atoms with Crippen molar-refractivity contribution in [3.05, 3.63) is 0 Å². The lowest BCUT2D eigenvalue weighted by atomic mass is 10.2. The molecule has 3 nitrogen and oxygen atoms in total. The van der Waals surface area contributed by atoms with Crippen molar-refractivity contribution >= 4 is 0 Å². The minimum absolute atomic E-state index is 0.822. The molecule has 1 aliphatic rings. The van der Waals surface area contributed by atoms with Crippen LogP contribution in [-0.2, 0) is 0 Å². The maximum Gasteiger partial charge on any atom is 0.0235 e. The molecule has 1 fully saturated rings. The van der Waals surface area contributed by atoms with Crippen LogP contribution in [0.3, 0.4) is 0 Å². The molecule has 1 unspecified atom stereocenters. The largest absolute Gasteiger partial charge is 0.317 e. The molecule has 1 saturated heterocycles. The number of likely N-dealkylation sites (N-methyl/N-ethyl adjacent to an activating group) is 1. The Kier molecular flexibility index (Phi) is 10.3. The van der Waals surface area contributed by atoms with E-state index < -0.39 is 0 Å². The third kappa shape index (κ3) is 7.05. The second-order valence-electron chi connectivity index (χ2n) is 6.13. The lowest BCUT2D eigenvalue weighted by Crippen LogP contribution is -2.37. The monoisotopic (exact) mass is 283 g/mol. The van der Waals surface area contributed by atoms with E-state index in [1.54, 1.807) is 0 Å². The summed E-state index contributed by atoms with van der Waals surface area (Å²) in [5.41, 5.74) is 0. The van der Waals surface area contributed by atoms with Gasteiger partial charge in [0, 0.05) is 12.6 Å². The van der Waals surface area contributed by atoms with E-state index in [0.29, 0.717) is 0 Å². The van der Waals surface area contributed by atoms with Gasteiger partial charge in [0.15, 0.2) is 0 Å². The Bertz CT molecular complexity index is 216. The SMILES string of the molecule is CCCNCCCCCCN1CCC(N(CC)CC)C1. The Hall–Kier alpha value is -0.120. The summed E-state index contributed by atoms with van der Waals surface area (Å²) in [4.78, 5) is 5.30. The van der Waals surface area contributed by atoms with Gasteiger partial charge in [-0.15, -0.1) is 0 Å². The molecule has 20 heavy (non-hydrogen) atoms. The van der Waals surface area contributed by atoms with Crippen molar-refractivity contribution in [1.29, 1.82) is 0 Å². The molecule has 0 aliphatic carbocycles. The molecule has 0 amide bonds. The Morgan fingerprint density at radius 3 is 2.45 bits per heavy atom. The van der Waals surface area contributed by atoms with E-state index in [1.807, 2.05) is 0 Å². The van der Waals surface area contributed by atoms with Gasteiger partial charge in [-0.05, 0) is 65.0 Å². The van der Waals surface area contributed by atoms with Crippen LogP contribution in [0.25, 0.3) is 0 Å². The highest BCUT2D eigenvalue weighted by Gasteiger charge is 2.25. The number of nitrogens with one attached hydrogen (secondary N) is 1. The molecule has 0 saturated carbocycles. The first kappa shape index (κ1) is 17.9. The third-order valence-corrected chi connectivity index (χ3v) is 4.58. The minimum Gasteiger partial charge on any atom is -0.317 e. The summed E-state index contributed by atoms with van der Waals surface area (Å²) in [7, 11) is 0. The third-order valence-electron chi connectivity index (χ3n) is 4.58. The fourth-order valence-corrected chi connectivity index (χ4v) is 3.29. The fourth-order valence-electron chi connectivity index (χ4n) is 3.29. The van der Waals surface area contributed by atoms with E-state index in [9.17, 15) is 0 Å².